The van der Waals surface area contributed by atoms with Crippen LogP contribution in [0.2, 0.25) is 0 Å². The van der Waals surface area contributed by atoms with Crippen LogP contribution in [0.3, 0.4) is 0 Å². The Kier molecular flexibility index (Phi) is 9.14. The number of carboxylic acid groups (broad SMARTS) is 1. The summed E-state index contributed by atoms with van der Waals surface area (Å²) >= 11 is 0. The highest BCUT2D eigenvalue weighted by Crippen LogP contribution is 2.10. The van der Waals surface area contributed by atoms with Crippen molar-refractivity contribution in [2.45, 2.75) is 78.3 Å². The van der Waals surface area contributed by atoms with E-state index in [1.807, 2.05) is 0 Å². The Labute approximate surface area is 106 Å². The molecule has 102 valence electrons. The van der Waals surface area contributed by atoms with Crippen LogP contribution < -0.4 is 5.32 Å². The van der Waals surface area contributed by atoms with Crippen LogP contribution in [0.25, 0.3) is 0 Å². The number of hydrogen-bond donors (Lipinski definition) is 2. The molecule has 0 aromatic rings. The van der Waals surface area contributed by atoms with Crippen molar-refractivity contribution in [3.8, 4) is 0 Å². The van der Waals surface area contributed by atoms with E-state index < -0.39 is 5.97 Å². The molecule has 0 rings (SSSR count). The van der Waals surface area contributed by atoms with Gasteiger partial charge in [0.15, 0.2) is 0 Å². The molecule has 0 radical (unpaired) electrons. The summed E-state index contributed by atoms with van der Waals surface area (Å²) in [5.74, 6) is 0.0201. The molecule has 0 aromatic heterocycles. The van der Waals surface area contributed by atoms with Gasteiger partial charge in [0.1, 0.15) is 6.04 Å². The van der Waals surface area contributed by atoms with Gasteiger partial charge in [0.25, 0.3) is 0 Å². The fourth-order valence-electron chi connectivity index (χ4n) is 1.95. The van der Waals surface area contributed by atoms with Crippen molar-refractivity contribution in [1.29, 1.82) is 0 Å². The first-order valence-electron chi connectivity index (χ1n) is 6.96. The summed E-state index contributed by atoms with van der Waals surface area (Å²) in [6.07, 6.45) is 6.22. The zero-order valence-electron chi connectivity index (χ0n) is 11.8. The predicted molar refractivity (Wildman–Crippen MR) is 72.2 cm³/mol. The topological polar surface area (TPSA) is 49.3 Å². The van der Waals surface area contributed by atoms with Gasteiger partial charge in [-0.05, 0) is 25.7 Å². The van der Waals surface area contributed by atoms with Crippen LogP contribution in [0.15, 0.2) is 0 Å². The summed E-state index contributed by atoms with van der Waals surface area (Å²) < 4.78 is 0. The zero-order chi connectivity index (χ0) is 13.3. The van der Waals surface area contributed by atoms with E-state index in [0.717, 1.165) is 31.6 Å². The van der Waals surface area contributed by atoms with Crippen molar-refractivity contribution in [3.63, 3.8) is 0 Å². The van der Waals surface area contributed by atoms with Crippen molar-refractivity contribution in [1.82, 2.24) is 5.32 Å². The van der Waals surface area contributed by atoms with E-state index in [-0.39, 0.29) is 6.04 Å². The normalized spacial score (nSPS) is 14.9. The minimum Gasteiger partial charge on any atom is -0.480 e. The molecule has 0 saturated heterocycles. The zero-order valence-corrected chi connectivity index (χ0v) is 11.8. The Morgan fingerprint density at radius 1 is 1.12 bits per heavy atom. The van der Waals surface area contributed by atoms with E-state index in [9.17, 15) is 4.79 Å². The van der Waals surface area contributed by atoms with E-state index in [1.165, 1.54) is 12.8 Å². The summed E-state index contributed by atoms with van der Waals surface area (Å²) in [4.78, 5) is 11.1. The lowest BCUT2D eigenvalue weighted by molar-refractivity contribution is -0.139. The Hall–Kier alpha value is -0.570. The Balaban J connectivity index is 3.86. The highest BCUT2D eigenvalue weighted by molar-refractivity contribution is 5.73. The third-order valence-electron chi connectivity index (χ3n) is 3.05. The maximum atomic E-state index is 11.1. The quantitative estimate of drug-likeness (QED) is 0.618. The highest BCUT2D eigenvalue weighted by atomic mass is 16.4. The summed E-state index contributed by atoms with van der Waals surface area (Å²) in [6.45, 7) is 8.62. The van der Waals surface area contributed by atoms with Crippen LogP contribution in [0.1, 0.15) is 66.2 Å². The average Bonchev–Trinajstić information content (AvgIpc) is 2.23. The van der Waals surface area contributed by atoms with Gasteiger partial charge in [0.05, 0.1) is 0 Å². The van der Waals surface area contributed by atoms with Gasteiger partial charge in [-0.25, -0.2) is 0 Å². The monoisotopic (exact) mass is 243 g/mol. The van der Waals surface area contributed by atoms with Gasteiger partial charge in [0.2, 0.25) is 0 Å². The number of hydrogen-bond acceptors (Lipinski definition) is 2. The van der Waals surface area contributed by atoms with Crippen molar-refractivity contribution >= 4 is 5.97 Å². The van der Waals surface area contributed by atoms with Crippen molar-refractivity contribution < 1.29 is 9.90 Å². The number of rotatable bonds is 10. The van der Waals surface area contributed by atoms with Crippen molar-refractivity contribution in [3.05, 3.63) is 0 Å². The lowest BCUT2D eigenvalue weighted by atomic mass is 10.0. The largest absolute Gasteiger partial charge is 0.480 e. The van der Waals surface area contributed by atoms with E-state index in [1.54, 1.807) is 0 Å². The number of carboxylic acids is 1. The molecular formula is C14H29NO2. The molecule has 0 aromatic carbocycles. The van der Waals surface area contributed by atoms with Gasteiger partial charge in [-0.3, -0.25) is 4.79 Å². The molecule has 0 aliphatic rings. The third-order valence-corrected chi connectivity index (χ3v) is 3.05. The molecule has 0 fully saturated rings. The van der Waals surface area contributed by atoms with Gasteiger partial charge < -0.3 is 10.4 Å². The van der Waals surface area contributed by atoms with Crippen LogP contribution in [0, 0.1) is 5.92 Å². The molecule has 3 nitrogen and oxygen atoms in total. The Bertz CT molecular complexity index is 204. The predicted octanol–water partition coefficient (Wildman–Crippen LogP) is 3.43. The fraction of sp³-hybridized carbons (Fsp3) is 0.929. The van der Waals surface area contributed by atoms with Crippen molar-refractivity contribution in [2.75, 3.05) is 0 Å². The summed E-state index contributed by atoms with van der Waals surface area (Å²) in [5, 5.41) is 12.3. The van der Waals surface area contributed by atoms with Crippen LogP contribution >= 0.6 is 0 Å². The molecule has 0 saturated carbocycles. The van der Waals surface area contributed by atoms with E-state index in [0.29, 0.717) is 6.04 Å². The second kappa shape index (κ2) is 9.46. The minimum atomic E-state index is -0.714. The second-order valence-corrected chi connectivity index (χ2v) is 5.43. The summed E-state index contributed by atoms with van der Waals surface area (Å²) in [5.41, 5.74) is 0. The summed E-state index contributed by atoms with van der Waals surface area (Å²) in [7, 11) is 0. The lowest BCUT2D eigenvalue weighted by Gasteiger charge is -2.20. The van der Waals surface area contributed by atoms with Gasteiger partial charge in [-0.2, -0.15) is 0 Å². The lowest BCUT2D eigenvalue weighted by Crippen LogP contribution is -2.42. The fourth-order valence-corrected chi connectivity index (χ4v) is 1.95. The number of carbonyl (C=O) groups is 1. The first-order valence-corrected chi connectivity index (χ1v) is 6.96. The van der Waals surface area contributed by atoms with E-state index in [4.69, 9.17) is 5.11 Å². The van der Waals surface area contributed by atoms with Gasteiger partial charge in [-0.15, -0.1) is 0 Å². The number of nitrogens with one attached hydrogen (secondary N) is 1. The first kappa shape index (κ1) is 16.4. The molecular weight excluding hydrogens is 214 g/mol. The molecule has 0 aliphatic carbocycles. The van der Waals surface area contributed by atoms with Crippen LogP contribution in [0.5, 0.6) is 0 Å². The molecule has 2 atom stereocenters. The molecule has 17 heavy (non-hydrogen) atoms. The van der Waals surface area contributed by atoms with Crippen molar-refractivity contribution in [2.24, 2.45) is 5.92 Å². The molecule has 0 bridgehead atoms. The Morgan fingerprint density at radius 3 is 2.24 bits per heavy atom. The molecule has 0 heterocycles. The molecule has 0 spiro atoms. The van der Waals surface area contributed by atoms with Crippen LogP contribution in [-0.2, 0) is 4.79 Å². The molecule has 3 heteroatoms. The highest BCUT2D eigenvalue weighted by Gasteiger charge is 2.18. The van der Waals surface area contributed by atoms with Gasteiger partial charge in [-0.1, -0.05) is 46.5 Å². The van der Waals surface area contributed by atoms with Crippen LogP contribution in [0.4, 0.5) is 0 Å². The van der Waals surface area contributed by atoms with E-state index in [2.05, 4.69) is 33.0 Å². The van der Waals surface area contributed by atoms with Gasteiger partial charge >= 0.3 is 5.97 Å². The third kappa shape index (κ3) is 9.16. The van der Waals surface area contributed by atoms with E-state index >= 15 is 0 Å². The smallest absolute Gasteiger partial charge is 0.320 e. The Morgan fingerprint density at radius 2 is 1.76 bits per heavy atom. The maximum absolute atomic E-state index is 11.1. The standard InChI is InChI=1S/C14H29NO2/c1-5-6-10-13(14(16)17)15-12(4)9-7-8-11(2)3/h11-13,15H,5-10H2,1-4H3,(H,16,17)/t12?,13-/m0/s1. The molecule has 2 N–H and O–H groups in total. The minimum absolute atomic E-state index is 0.298. The molecule has 0 amide bonds. The average molecular weight is 243 g/mol. The maximum Gasteiger partial charge on any atom is 0.320 e. The molecule has 0 aliphatic heterocycles. The van der Waals surface area contributed by atoms with Gasteiger partial charge in [0, 0.05) is 6.04 Å². The number of unbranched alkanes of at least 4 members (excludes halogenated alkanes) is 1. The second-order valence-electron chi connectivity index (χ2n) is 5.43. The molecule has 1 unspecified atom stereocenters. The first-order chi connectivity index (χ1) is 7.97. The van der Waals surface area contributed by atoms with Crippen LogP contribution in [-0.4, -0.2) is 23.2 Å². The SMILES string of the molecule is CCCC[C@H](NC(C)CCCC(C)C)C(=O)O. The summed E-state index contributed by atoms with van der Waals surface area (Å²) in [6, 6.07) is -0.0734. The number of aliphatic carboxylic acids is 1.